The molecule has 5 heteroatoms. The van der Waals surface area contributed by atoms with Crippen LogP contribution in [0.1, 0.15) is 17.5 Å². The lowest BCUT2D eigenvalue weighted by Gasteiger charge is -2.16. The third kappa shape index (κ3) is 5.56. The minimum absolute atomic E-state index is 0.329. The third-order valence-corrected chi connectivity index (χ3v) is 3.49. The van der Waals surface area contributed by atoms with E-state index in [2.05, 4.69) is 5.32 Å². The second-order valence-electron chi connectivity index (χ2n) is 5.47. The first-order valence-electron chi connectivity index (χ1n) is 7.49. The van der Waals surface area contributed by atoms with Crippen molar-refractivity contribution in [2.45, 2.75) is 25.9 Å². The Kier molecular flexibility index (Phi) is 5.88. The molecular formula is C18H20N2O3. The fourth-order valence-electron chi connectivity index (χ4n) is 2.31. The molecule has 0 aliphatic carbocycles. The van der Waals surface area contributed by atoms with Crippen molar-refractivity contribution in [3.8, 4) is 0 Å². The number of hydrogen-bond acceptors (Lipinski definition) is 3. The molecule has 1 amide bonds. The Morgan fingerprint density at radius 2 is 1.87 bits per heavy atom. The maximum Gasteiger partial charge on any atom is 0.283 e. The van der Waals surface area contributed by atoms with Crippen LogP contribution in [0.3, 0.4) is 0 Å². The number of quaternary nitrogens is 1. The molecule has 3 N–H and O–H groups in total. The summed E-state index contributed by atoms with van der Waals surface area (Å²) in [6.45, 7) is 2.45. The van der Waals surface area contributed by atoms with Crippen LogP contribution >= 0.6 is 0 Å². The van der Waals surface area contributed by atoms with Gasteiger partial charge < -0.3 is 20.5 Å². The van der Waals surface area contributed by atoms with E-state index in [4.69, 9.17) is 0 Å². The lowest BCUT2D eigenvalue weighted by molar-refractivity contribution is -0.691. The van der Waals surface area contributed by atoms with Gasteiger partial charge in [-0.1, -0.05) is 42.5 Å². The number of aliphatic carboxylic acids is 1. The van der Waals surface area contributed by atoms with Crippen LogP contribution in [0.5, 0.6) is 0 Å². The summed E-state index contributed by atoms with van der Waals surface area (Å²) >= 11 is 0. The molecule has 2 aromatic carbocycles. The van der Waals surface area contributed by atoms with Gasteiger partial charge in [0.1, 0.15) is 6.54 Å². The molecule has 0 saturated heterocycles. The highest BCUT2D eigenvalue weighted by Gasteiger charge is 2.22. The van der Waals surface area contributed by atoms with Crippen molar-refractivity contribution in [3.63, 3.8) is 0 Å². The van der Waals surface area contributed by atoms with Crippen molar-refractivity contribution in [3.05, 3.63) is 65.7 Å². The summed E-state index contributed by atoms with van der Waals surface area (Å²) in [6.07, 6.45) is -0.329. The second-order valence-corrected chi connectivity index (χ2v) is 5.47. The van der Waals surface area contributed by atoms with Gasteiger partial charge in [0.2, 0.25) is 0 Å². The summed E-state index contributed by atoms with van der Waals surface area (Å²) in [4.78, 5) is 23.3. The predicted octanol–water partition coefficient (Wildman–Crippen LogP) is 0.206. The Morgan fingerprint density at radius 1 is 1.13 bits per heavy atom. The number of rotatable bonds is 7. The zero-order valence-corrected chi connectivity index (χ0v) is 13.0. The molecule has 120 valence electrons. The normalized spacial score (nSPS) is 11.7. The van der Waals surface area contributed by atoms with Crippen LogP contribution < -0.4 is 15.7 Å². The van der Waals surface area contributed by atoms with Gasteiger partial charge in [-0.05, 0) is 24.6 Å². The van der Waals surface area contributed by atoms with E-state index in [1.165, 1.54) is 0 Å². The predicted molar refractivity (Wildman–Crippen MR) is 85.3 cm³/mol. The molecular weight excluding hydrogens is 292 g/mol. The fraction of sp³-hybridized carbons (Fsp3) is 0.222. The molecule has 5 nitrogen and oxygen atoms in total. The van der Waals surface area contributed by atoms with Crippen LogP contribution in [0.4, 0.5) is 5.69 Å². The number of amides is 1. The van der Waals surface area contributed by atoms with Gasteiger partial charge in [-0.15, -0.1) is 0 Å². The SMILES string of the molecule is Cc1cccc(NC(=O)[C@@H](CC(=O)[O-])[NH2+]Cc2ccccc2)c1. The topological polar surface area (TPSA) is 85.8 Å². The molecule has 0 aromatic heterocycles. The summed E-state index contributed by atoms with van der Waals surface area (Å²) in [5.41, 5.74) is 2.71. The molecule has 0 aliphatic heterocycles. The van der Waals surface area contributed by atoms with Gasteiger partial charge in [-0.3, -0.25) is 4.79 Å². The number of carbonyl (C=O) groups excluding carboxylic acids is 2. The van der Waals surface area contributed by atoms with Gasteiger partial charge in [-0.25, -0.2) is 0 Å². The zero-order chi connectivity index (χ0) is 16.7. The number of carbonyl (C=O) groups is 2. The van der Waals surface area contributed by atoms with E-state index in [-0.39, 0.29) is 12.3 Å². The Hall–Kier alpha value is -2.66. The van der Waals surface area contributed by atoms with Crippen molar-refractivity contribution < 1.29 is 20.0 Å². The second kappa shape index (κ2) is 8.10. The Labute approximate surface area is 135 Å². The number of aryl methyl sites for hydroxylation is 1. The van der Waals surface area contributed by atoms with E-state index in [1.807, 2.05) is 55.5 Å². The Bertz CT molecular complexity index is 671. The summed E-state index contributed by atoms with van der Waals surface area (Å²) in [5, 5.41) is 15.4. The van der Waals surface area contributed by atoms with Gasteiger partial charge in [-0.2, -0.15) is 0 Å². The molecule has 0 heterocycles. The molecule has 0 unspecified atom stereocenters. The van der Waals surface area contributed by atoms with E-state index >= 15 is 0 Å². The van der Waals surface area contributed by atoms with E-state index < -0.39 is 12.0 Å². The molecule has 0 spiro atoms. The van der Waals surface area contributed by atoms with Crippen molar-refractivity contribution in [2.75, 3.05) is 5.32 Å². The third-order valence-electron chi connectivity index (χ3n) is 3.49. The first-order chi connectivity index (χ1) is 11.0. The number of anilines is 1. The van der Waals surface area contributed by atoms with Gasteiger partial charge in [0.05, 0.1) is 0 Å². The molecule has 2 aromatic rings. The van der Waals surface area contributed by atoms with Crippen molar-refractivity contribution >= 4 is 17.6 Å². The summed E-state index contributed by atoms with van der Waals surface area (Å²) in [5.74, 6) is -1.57. The minimum atomic E-state index is -1.24. The van der Waals surface area contributed by atoms with Crippen LogP contribution in [0, 0.1) is 6.92 Å². The van der Waals surface area contributed by atoms with E-state index in [1.54, 1.807) is 11.4 Å². The Morgan fingerprint density at radius 3 is 2.52 bits per heavy atom. The minimum Gasteiger partial charge on any atom is -0.550 e. The molecule has 0 radical (unpaired) electrons. The molecule has 2 rings (SSSR count). The van der Waals surface area contributed by atoms with Gasteiger partial charge >= 0.3 is 0 Å². The quantitative estimate of drug-likeness (QED) is 0.766. The van der Waals surface area contributed by atoms with Crippen molar-refractivity contribution in [1.29, 1.82) is 0 Å². The van der Waals surface area contributed by atoms with Gasteiger partial charge in [0.15, 0.2) is 6.04 Å². The highest BCUT2D eigenvalue weighted by molar-refractivity contribution is 5.95. The molecule has 23 heavy (non-hydrogen) atoms. The number of hydrogen-bond donors (Lipinski definition) is 2. The summed E-state index contributed by atoms with van der Waals surface area (Å²) in [6, 6.07) is 16.2. The summed E-state index contributed by atoms with van der Waals surface area (Å²) < 4.78 is 0. The number of carboxylic acids is 1. The number of carboxylic acid groups (broad SMARTS) is 1. The van der Waals surface area contributed by atoms with Crippen molar-refractivity contribution in [2.24, 2.45) is 0 Å². The number of benzene rings is 2. The maximum atomic E-state index is 12.3. The van der Waals surface area contributed by atoms with Crippen LogP contribution in [-0.4, -0.2) is 17.9 Å². The highest BCUT2D eigenvalue weighted by Crippen LogP contribution is 2.09. The Balaban J connectivity index is 2.01. The zero-order valence-electron chi connectivity index (χ0n) is 13.0. The smallest absolute Gasteiger partial charge is 0.283 e. The van der Waals surface area contributed by atoms with Gasteiger partial charge in [0, 0.05) is 23.6 Å². The monoisotopic (exact) mass is 312 g/mol. The molecule has 0 fully saturated rings. The maximum absolute atomic E-state index is 12.3. The van der Waals surface area contributed by atoms with Crippen LogP contribution in [0.2, 0.25) is 0 Å². The average Bonchev–Trinajstić information content (AvgIpc) is 2.52. The largest absolute Gasteiger partial charge is 0.550 e. The molecule has 0 saturated carbocycles. The lowest BCUT2D eigenvalue weighted by Crippen LogP contribution is -2.91. The first-order valence-corrected chi connectivity index (χ1v) is 7.49. The van der Waals surface area contributed by atoms with Crippen LogP contribution in [0.25, 0.3) is 0 Å². The van der Waals surface area contributed by atoms with E-state index in [0.29, 0.717) is 12.2 Å². The summed E-state index contributed by atoms with van der Waals surface area (Å²) in [7, 11) is 0. The molecule has 0 aliphatic rings. The van der Waals surface area contributed by atoms with Crippen LogP contribution in [0.15, 0.2) is 54.6 Å². The van der Waals surface area contributed by atoms with E-state index in [9.17, 15) is 14.7 Å². The average molecular weight is 312 g/mol. The highest BCUT2D eigenvalue weighted by atomic mass is 16.4. The molecule has 1 atom stereocenters. The van der Waals surface area contributed by atoms with Gasteiger partial charge in [0.25, 0.3) is 5.91 Å². The van der Waals surface area contributed by atoms with E-state index in [0.717, 1.165) is 11.1 Å². The number of nitrogens with one attached hydrogen (secondary N) is 1. The lowest BCUT2D eigenvalue weighted by atomic mass is 10.1. The molecule has 0 bridgehead atoms. The fourth-order valence-corrected chi connectivity index (χ4v) is 2.31. The first kappa shape index (κ1) is 16.7. The number of nitrogens with two attached hydrogens (primary N) is 1. The van der Waals surface area contributed by atoms with Crippen LogP contribution in [-0.2, 0) is 16.1 Å². The van der Waals surface area contributed by atoms with Crippen molar-refractivity contribution in [1.82, 2.24) is 0 Å². The standard InChI is InChI=1S/C18H20N2O3/c1-13-6-5-9-15(10-13)20-18(23)16(11-17(21)22)19-12-14-7-3-2-4-8-14/h2-10,16,19H,11-12H2,1H3,(H,20,23)(H,21,22)/t16-/m1/s1.